The molecule has 0 bridgehead atoms. The summed E-state index contributed by atoms with van der Waals surface area (Å²) < 4.78 is 15.8. The first-order valence-electron chi connectivity index (χ1n) is 5.73. The average Bonchev–Trinajstić information content (AvgIpc) is 3.05. The Morgan fingerprint density at radius 3 is 2.95 bits per heavy atom. The Morgan fingerprint density at radius 2 is 2.26 bits per heavy atom. The molecule has 1 N–H and O–H groups in total. The minimum absolute atomic E-state index is 0.120. The Hall–Kier alpha value is -2.50. The summed E-state index contributed by atoms with van der Waals surface area (Å²) in [5.74, 6) is 0.624. The molecule has 0 radical (unpaired) electrons. The van der Waals surface area contributed by atoms with E-state index in [0.717, 1.165) is 23.3 Å². The summed E-state index contributed by atoms with van der Waals surface area (Å²) in [5.41, 5.74) is 1.62. The van der Waals surface area contributed by atoms with Gasteiger partial charge in [0.05, 0.1) is 13.7 Å². The van der Waals surface area contributed by atoms with Gasteiger partial charge in [0.2, 0.25) is 0 Å². The van der Waals surface area contributed by atoms with Crippen LogP contribution in [0.4, 0.5) is 0 Å². The van der Waals surface area contributed by atoms with Crippen molar-refractivity contribution in [1.29, 1.82) is 0 Å². The van der Waals surface area contributed by atoms with E-state index in [-0.39, 0.29) is 5.69 Å². The standard InChI is InChI=1S/C13H11NO5/c1-17-11-5-8(4-7-2-3-18-12(7)11)10-6-9(13(15)16)14-19-10/h4-6H,2-3H2,1H3,(H,15,16). The first kappa shape index (κ1) is 11.6. The smallest absolute Gasteiger partial charge is 0.358 e. The number of methoxy groups -OCH3 is 1. The highest BCUT2D eigenvalue weighted by Gasteiger charge is 2.21. The van der Waals surface area contributed by atoms with Crippen LogP contribution in [-0.4, -0.2) is 29.9 Å². The molecule has 0 amide bonds. The lowest BCUT2D eigenvalue weighted by Crippen LogP contribution is -1.94. The van der Waals surface area contributed by atoms with Crippen molar-refractivity contribution in [2.45, 2.75) is 6.42 Å². The number of fused-ring (bicyclic) bond motifs is 1. The number of benzene rings is 1. The highest BCUT2D eigenvalue weighted by Crippen LogP contribution is 2.39. The average molecular weight is 261 g/mol. The van der Waals surface area contributed by atoms with Crippen LogP contribution in [0.3, 0.4) is 0 Å². The van der Waals surface area contributed by atoms with Gasteiger partial charge in [0, 0.05) is 23.6 Å². The number of hydrogen-bond donors (Lipinski definition) is 1. The number of carbonyl (C=O) groups is 1. The van der Waals surface area contributed by atoms with Crippen LogP contribution in [0.2, 0.25) is 0 Å². The van der Waals surface area contributed by atoms with Crippen LogP contribution >= 0.6 is 0 Å². The van der Waals surface area contributed by atoms with E-state index in [1.165, 1.54) is 6.07 Å². The Morgan fingerprint density at radius 1 is 1.42 bits per heavy atom. The lowest BCUT2D eigenvalue weighted by atomic mass is 10.1. The van der Waals surface area contributed by atoms with Gasteiger partial charge < -0.3 is 19.1 Å². The van der Waals surface area contributed by atoms with Crippen LogP contribution in [0, 0.1) is 0 Å². The van der Waals surface area contributed by atoms with E-state index in [2.05, 4.69) is 5.16 Å². The summed E-state index contributed by atoms with van der Waals surface area (Å²) in [4.78, 5) is 10.8. The zero-order valence-corrected chi connectivity index (χ0v) is 10.2. The van der Waals surface area contributed by atoms with E-state index in [9.17, 15) is 4.79 Å². The van der Waals surface area contributed by atoms with Gasteiger partial charge in [0.1, 0.15) is 0 Å². The molecular formula is C13H11NO5. The summed E-state index contributed by atoms with van der Waals surface area (Å²) in [5, 5.41) is 12.3. The number of carboxylic acids is 1. The van der Waals surface area contributed by atoms with Crippen molar-refractivity contribution in [1.82, 2.24) is 5.16 Å². The lowest BCUT2D eigenvalue weighted by molar-refractivity contribution is 0.0686. The zero-order valence-electron chi connectivity index (χ0n) is 10.2. The first-order chi connectivity index (χ1) is 9.19. The molecule has 19 heavy (non-hydrogen) atoms. The largest absolute Gasteiger partial charge is 0.493 e. The van der Waals surface area contributed by atoms with Crippen LogP contribution in [-0.2, 0) is 6.42 Å². The maximum atomic E-state index is 10.8. The zero-order chi connectivity index (χ0) is 13.4. The number of aromatic nitrogens is 1. The Kier molecular flexibility index (Phi) is 2.63. The quantitative estimate of drug-likeness (QED) is 0.909. The van der Waals surface area contributed by atoms with Crippen LogP contribution in [0.1, 0.15) is 16.1 Å². The topological polar surface area (TPSA) is 81.8 Å². The highest BCUT2D eigenvalue weighted by molar-refractivity contribution is 5.86. The summed E-state index contributed by atoms with van der Waals surface area (Å²) in [7, 11) is 1.56. The highest BCUT2D eigenvalue weighted by atomic mass is 16.5. The van der Waals surface area contributed by atoms with Gasteiger partial charge >= 0.3 is 5.97 Å². The number of nitrogens with zero attached hydrogens (tertiary/aromatic N) is 1. The molecule has 1 aromatic heterocycles. The van der Waals surface area contributed by atoms with Gasteiger partial charge in [0.25, 0.3) is 0 Å². The molecule has 6 heteroatoms. The molecule has 0 unspecified atom stereocenters. The van der Waals surface area contributed by atoms with E-state index in [1.807, 2.05) is 6.07 Å². The third-order valence-electron chi connectivity index (χ3n) is 2.98. The van der Waals surface area contributed by atoms with Gasteiger partial charge in [-0.1, -0.05) is 5.16 Å². The van der Waals surface area contributed by atoms with Gasteiger partial charge in [0.15, 0.2) is 23.0 Å². The van der Waals surface area contributed by atoms with E-state index in [0.29, 0.717) is 18.1 Å². The molecule has 0 fully saturated rings. The monoisotopic (exact) mass is 261 g/mol. The van der Waals surface area contributed by atoms with Crippen molar-refractivity contribution in [3.63, 3.8) is 0 Å². The molecule has 0 spiro atoms. The molecule has 98 valence electrons. The number of ether oxygens (including phenoxy) is 2. The second-order valence-electron chi connectivity index (χ2n) is 4.15. The predicted molar refractivity (Wildman–Crippen MR) is 64.6 cm³/mol. The van der Waals surface area contributed by atoms with Crippen LogP contribution < -0.4 is 9.47 Å². The molecule has 2 heterocycles. The SMILES string of the molecule is COc1cc(-c2cc(C(=O)O)no2)cc2c1OCC2. The number of aromatic carboxylic acids is 1. The van der Waals surface area contributed by atoms with Crippen molar-refractivity contribution < 1.29 is 23.9 Å². The van der Waals surface area contributed by atoms with Crippen LogP contribution in [0.25, 0.3) is 11.3 Å². The third-order valence-corrected chi connectivity index (χ3v) is 2.98. The number of hydrogen-bond acceptors (Lipinski definition) is 5. The fourth-order valence-electron chi connectivity index (χ4n) is 2.08. The normalized spacial score (nSPS) is 12.9. The summed E-state index contributed by atoms with van der Waals surface area (Å²) in [6, 6.07) is 5.03. The Bertz CT molecular complexity index is 646. The minimum atomic E-state index is -1.12. The molecule has 3 rings (SSSR count). The Balaban J connectivity index is 2.07. The van der Waals surface area contributed by atoms with Crippen molar-refractivity contribution in [2.24, 2.45) is 0 Å². The molecule has 0 atom stereocenters. The number of rotatable bonds is 3. The lowest BCUT2D eigenvalue weighted by Gasteiger charge is -2.08. The number of carboxylic acid groups (broad SMARTS) is 1. The minimum Gasteiger partial charge on any atom is -0.493 e. The second-order valence-corrected chi connectivity index (χ2v) is 4.15. The fraction of sp³-hybridized carbons (Fsp3) is 0.231. The van der Waals surface area contributed by atoms with Crippen molar-refractivity contribution >= 4 is 5.97 Å². The maximum absolute atomic E-state index is 10.8. The van der Waals surface area contributed by atoms with Crippen LogP contribution in [0.5, 0.6) is 11.5 Å². The fourth-order valence-corrected chi connectivity index (χ4v) is 2.08. The molecule has 1 aliphatic heterocycles. The molecule has 1 aromatic carbocycles. The van der Waals surface area contributed by atoms with E-state index in [1.54, 1.807) is 13.2 Å². The molecule has 0 saturated heterocycles. The van der Waals surface area contributed by atoms with E-state index in [4.69, 9.17) is 19.1 Å². The summed E-state index contributed by atoms with van der Waals surface area (Å²) in [6.07, 6.45) is 0.791. The first-order valence-corrected chi connectivity index (χ1v) is 5.73. The second kappa shape index (κ2) is 4.31. The molecule has 0 aliphatic carbocycles. The van der Waals surface area contributed by atoms with Gasteiger partial charge in [-0.2, -0.15) is 0 Å². The van der Waals surface area contributed by atoms with E-state index < -0.39 is 5.97 Å². The van der Waals surface area contributed by atoms with Gasteiger partial charge in [-0.15, -0.1) is 0 Å². The Labute approximate surface area is 108 Å². The molecule has 6 nitrogen and oxygen atoms in total. The van der Waals surface area contributed by atoms with E-state index >= 15 is 0 Å². The molecule has 2 aromatic rings. The van der Waals surface area contributed by atoms with Crippen molar-refractivity contribution in [3.8, 4) is 22.8 Å². The third kappa shape index (κ3) is 1.91. The molecular weight excluding hydrogens is 250 g/mol. The van der Waals surface area contributed by atoms with Crippen molar-refractivity contribution in [2.75, 3.05) is 13.7 Å². The molecule has 1 aliphatic rings. The predicted octanol–water partition coefficient (Wildman–Crippen LogP) is 1.98. The summed E-state index contributed by atoms with van der Waals surface area (Å²) in [6.45, 7) is 0.617. The van der Waals surface area contributed by atoms with Gasteiger partial charge in [-0.3, -0.25) is 0 Å². The van der Waals surface area contributed by atoms with Crippen molar-refractivity contribution in [3.05, 3.63) is 29.5 Å². The molecule has 0 saturated carbocycles. The van der Waals surface area contributed by atoms with Gasteiger partial charge in [-0.05, 0) is 12.1 Å². The van der Waals surface area contributed by atoms with Crippen LogP contribution in [0.15, 0.2) is 22.7 Å². The maximum Gasteiger partial charge on any atom is 0.358 e. The summed E-state index contributed by atoms with van der Waals surface area (Å²) >= 11 is 0. The van der Waals surface area contributed by atoms with Gasteiger partial charge in [-0.25, -0.2) is 4.79 Å².